The second kappa shape index (κ2) is 17.4. The van der Waals surface area contributed by atoms with E-state index in [-0.39, 0.29) is 17.9 Å². The normalized spacial score (nSPS) is 11.5. The molecule has 0 radical (unpaired) electrons. The summed E-state index contributed by atoms with van der Waals surface area (Å²) in [6.45, 7) is 9.62. The molecule has 4 heteroatoms. The predicted octanol–water partition coefficient (Wildman–Crippen LogP) is 8.72. The van der Waals surface area contributed by atoms with E-state index in [1.54, 1.807) is 0 Å². The number of carbonyl (C=O) groups excluding carboxylic acids is 1. The van der Waals surface area contributed by atoms with Crippen LogP contribution >= 0.6 is 15.9 Å². The van der Waals surface area contributed by atoms with E-state index in [4.69, 9.17) is 4.74 Å². The lowest BCUT2D eigenvalue weighted by Gasteiger charge is -2.20. The van der Waals surface area contributed by atoms with Crippen LogP contribution in [0.3, 0.4) is 0 Å². The van der Waals surface area contributed by atoms with E-state index in [0.717, 1.165) is 17.4 Å². The number of benzene rings is 1. The molecular weight excluding hydrogens is 462 g/mol. The first-order valence-corrected chi connectivity index (χ1v) is 13.8. The number of halogens is 1. The third-order valence-electron chi connectivity index (χ3n) is 6.01. The number of ether oxygens (including phenoxy) is 1. The molecule has 1 N–H and O–H groups in total. The molecule has 0 unspecified atom stereocenters. The molecule has 184 valence electrons. The molecule has 0 aliphatic rings. The second-order valence-corrected chi connectivity index (χ2v) is 11.0. The Labute approximate surface area is 206 Å². The van der Waals surface area contributed by atoms with Crippen molar-refractivity contribution in [1.82, 2.24) is 5.32 Å². The maximum Gasteiger partial charge on any atom is 0.257 e. The molecule has 1 aromatic carbocycles. The van der Waals surface area contributed by atoms with E-state index in [0.29, 0.717) is 5.75 Å². The molecule has 0 bridgehead atoms. The highest BCUT2D eigenvalue weighted by Crippen LogP contribution is 2.31. The van der Waals surface area contributed by atoms with Crippen molar-refractivity contribution in [2.45, 2.75) is 123 Å². The molecule has 0 atom stereocenters. The Kier molecular flexibility index (Phi) is 15.8. The minimum atomic E-state index is -0.0495. The van der Waals surface area contributed by atoms with Gasteiger partial charge in [0.25, 0.3) is 5.91 Å². The fraction of sp³-hybridized carbons (Fsp3) is 0.750. The van der Waals surface area contributed by atoms with Crippen LogP contribution < -0.4 is 10.1 Å². The summed E-state index contributed by atoms with van der Waals surface area (Å²) < 4.78 is 6.58. The SMILES string of the molecule is CCCCCCCCCCCCCCCCNC(=O)COc1ccc(C(C)(C)C)cc1Br. The first-order valence-electron chi connectivity index (χ1n) is 13.0. The van der Waals surface area contributed by atoms with Gasteiger partial charge in [0.15, 0.2) is 6.61 Å². The zero-order chi connectivity index (χ0) is 23.7. The lowest BCUT2D eigenvalue weighted by Crippen LogP contribution is -2.29. The van der Waals surface area contributed by atoms with Crippen molar-refractivity contribution in [3.05, 3.63) is 28.2 Å². The summed E-state index contributed by atoms with van der Waals surface area (Å²) in [6.07, 6.45) is 18.8. The van der Waals surface area contributed by atoms with Crippen LogP contribution in [0.4, 0.5) is 0 Å². The van der Waals surface area contributed by atoms with Crippen LogP contribution in [0.2, 0.25) is 0 Å². The first kappa shape index (κ1) is 29.0. The van der Waals surface area contributed by atoms with Gasteiger partial charge in [0.1, 0.15) is 5.75 Å². The minimum Gasteiger partial charge on any atom is -0.483 e. The lowest BCUT2D eigenvalue weighted by atomic mass is 9.87. The zero-order valence-electron chi connectivity index (χ0n) is 21.2. The molecular formula is C28H48BrNO2. The van der Waals surface area contributed by atoms with Crippen LogP contribution in [-0.2, 0) is 10.2 Å². The predicted molar refractivity (Wildman–Crippen MR) is 142 cm³/mol. The first-order chi connectivity index (χ1) is 15.3. The average Bonchev–Trinajstić information content (AvgIpc) is 2.75. The van der Waals surface area contributed by atoms with Gasteiger partial charge in [-0.2, -0.15) is 0 Å². The second-order valence-electron chi connectivity index (χ2n) is 10.1. The molecule has 0 fully saturated rings. The molecule has 0 aliphatic heterocycles. The third-order valence-corrected chi connectivity index (χ3v) is 6.63. The van der Waals surface area contributed by atoms with Gasteiger partial charge in [0, 0.05) is 6.54 Å². The van der Waals surface area contributed by atoms with Crippen LogP contribution in [-0.4, -0.2) is 19.1 Å². The number of carbonyl (C=O) groups is 1. The molecule has 3 nitrogen and oxygen atoms in total. The fourth-order valence-corrected chi connectivity index (χ4v) is 4.32. The van der Waals surface area contributed by atoms with E-state index in [1.807, 2.05) is 6.07 Å². The van der Waals surface area contributed by atoms with Crippen molar-refractivity contribution in [3.63, 3.8) is 0 Å². The Bertz CT molecular complexity index is 624. The fourth-order valence-electron chi connectivity index (χ4n) is 3.83. The number of rotatable bonds is 18. The van der Waals surface area contributed by atoms with E-state index in [9.17, 15) is 4.79 Å². The average molecular weight is 511 g/mol. The van der Waals surface area contributed by atoms with Crippen molar-refractivity contribution in [2.75, 3.05) is 13.2 Å². The smallest absolute Gasteiger partial charge is 0.257 e. The Morgan fingerprint density at radius 1 is 0.844 bits per heavy atom. The van der Waals surface area contributed by atoms with E-state index < -0.39 is 0 Å². The summed E-state index contributed by atoms with van der Waals surface area (Å²) in [4.78, 5) is 12.0. The quantitative estimate of drug-likeness (QED) is 0.201. The van der Waals surface area contributed by atoms with Crippen LogP contribution in [0.15, 0.2) is 22.7 Å². The number of amides is 1. The monoisotopic (exact) mass is 509 g/mol. The highest BCUT2D eigenvalue weighted by molar-refractivity contribution is 9.10. The Balaban J connectivity index is 1.96. The molecule has 0 spiro atoms. The molecule has 32 heavy (non-hydrogen) atoms. The maximum absolute atomic E-state index is 12.0. The van der Waals surface area contributed by atoms with Crippen molar-refractivity contribution >= 4 is 21.8 Å². The Morgan fingerprint density at radius 3 is 1.81 bits per heavy atom. The van der Waals surface area contributed by atoms with Gasteiger partial charge in [-0.3, -0.25) is 4.79 Å². The van der Waals surface area contributed by atoms with E-state index >= 15 is 0 Å². The van der Waals surface area contributed by atoms with Crippen molar-refractivity contribution < 1.29 is 9.53 Å². The summed E-state index contributed by atoms with van der Waals surface area (Å²) in [5.74, 6) is 0.663. The van der Waals surface area contributed by atoms with Gasteiger partial charge in [-0.15, -0.1) is 0 Å². The largest absolute Gasteiger partial charge is 0.483 e. The highest BCUT2D eigenvalue weighted by atomic mass is 79.9. The summed E-state index contributed by atoms with van der Waals surface area (Å²) in [6, 6.07) is 6.07. The van der Waals surface area contributed by atoms with Crippen molar-refractivity contribution in [3.8, 4) is 5.75 Å². The van der Waals surface area contributed by atoms with E-state index in [1.165, 1.54) is 89.0 Å². The van der Waals surface area contributed by atoms with Gasteiger partial charge in [0.2, 0.25) is 0 Å². The number of hydrogen-bond donors (Lipinski definition) is 1. The Morgan fingerprint density at radius 2 is 1.34 bits per heavy atom. The number of hydrogen-bond acceptors (Lipinski definition) is 2. The Hall–Kier alpha value is -1.03. The molecule has 0 aliphatic carbocycles. The standard InChI is InChI=1S/C28H48BrNO2/c1-5-6-7-8-9-10-11-12-13-14-15-16-17-18-21-30-27(31)23-32-26-20-19-24(22-25(26)29)28(2,3)4/h19-20,22H,5-18,21,23H2,1-4H3,(H,30,31). The maximum atomic E-state index is 12.0. The van der Waals surface area contributed by atoms with Gasteiger partial charge in [-0.25, -0.2) is 0 Å². The van der Waals surface area contributed by atoms with Crippen LogP contribution in [0.25, 0.3) is 0 Å². The van der Waals surface area contributed by atoms with Gasteiger partial charge in [-0.1, -0.05) is 117 Å². The van der Waals surface area contributed by atoms with Crippen LogP contribution in [0, 0.1) is 0 Å². The number of nitrogens with one attached hydrogen (secondary N) is 1. The molecule has 0 heterocycles. The summed E-state index contributed by atoms with van der Waals surface area (Å²) in [5.41, 5.74) is 1.32. The number of unbranched alkanes of at least 4 members (excludes halogenated alkanes) is 13. The van der Waals surface area contributed by atoms with Gasteiger partial charge in [0.05, 0.1) is 4.47 Å². The van der Waals surface area contributed by atoms with Gasteiger partial charge < -0.3 is 10.1 Å². The zero-order valence-corrected chi connectivity index (χ0v) is 22.8. The molecule has 1 aromatic rings. The summed E-state index contributed by atoms with van der Waals surface area (Å²) >= 11 is 3.56. The lowest BCUT2D eigenvalue weighted by molar-refractivity contribution is -0.123. The molecule has 0 saturated heterocycles. The topological polar surface area (TPSA) is 38.3 Å². The third kappa shape index (κ3) is 14.2. The van der Waals surface area contributed by atoms with E-state index in [2.05, 4.69) is 61.1 Å². The van der Waals surface area contributed by atoms with Crippen molar-refractivity contribution in [2.24, 2.45) is 0 Å². The van der Waals surface area contributed by atoms with Gasteiger partial charge >= 0.3 is 0 Å². The van der Waals surface area contributed by atoms with Gasteiger partial charge in [-0.05, 0) is 45.5 Å². The highest BCUT2D eigenvalue weighted by Gasteiger charge is 2.15. The summed E-state index contributed by atoms with van der Waals surface area (Å²) in [7, 11) is 0. The van der Waals surface area contributed by atoms with Crippen molar-refractivity contribution in [1.29, 1.82) is 0 Å². The molecule has 0 aromatic heterocycles. The molecule has 1 rings (SSSR count). The molecule has 1 amide bonds. The minimum absolute atomic E-state index is 0.0495. The molecule has 0 saturated carbocycles. The van der Waals surface area contributed by atoms with Crippen LogP contribution in [0.1, 0.15) is 123 Å². The van der Waals surface area contributed by atoms with Crippen LogP contribution in [0.5, 0.6) is 5.75 Å². The summed E-state index contributed by atoms with van der Waals surface area (Å²) in [5, 5.41) is 2.97.